The Labute approximate surface area is 97.1 Å². The summed E-state index contributed by atoms with van der Waals surface area (Å²) in [4.78, 5) is 0. The molecule has 0 N–H and O–H groups in total. The third-order valence-corrected chi connectivity index (χ3v) is 4.55. The Bertz CT molecular complexity index is 455. The molecule has 88 valence electrons. The SMILES string of the molecule is CC1CCC(c2ccccc2)N1S(C)(=O)=O. The van der Waals surface area contributed by atoms with Gasteiger partial charge in [0.2, 0.25) is 10.0 Å². The van der Waals surface area contributed by atoms with Crippen LogP contribution in [0.5, 0.6) is 0 Å². The number of hydrogen-bond donors (Lipinski definition) is 0. The summed E-state index contributed by atoms with van der Waals surface area (Å²) < 4.78 is 25.1. The summed E-state index contributed by atoms with van der Waals surface area (Å²) in [6.07, 6.45) is 3.15. The van der Waals surface area contributed by atoms with Gasteiger partial charge in [0.15, 0.2) is 0 Å². The highest BCUT2D eigenvalue weighted by Gasteiger charge is 2.37. The van der Waals surface area contributed by atoms with Crippen molar-refractivity contribution in [1.29, 1.82) is 0 Å². The minimum absolute atomic E-state index is 0.0196. The van der Waals surface area contributed by atoms with Crippen molar-refractivity contribution >= 4 is 10.0 Å². The summed E-state index contributed by atoms with van der Waals surface area (Å²) in [7, 11) is -3.12. The lowest BCUT2D eigenvalue weighted by Crippen LogP contribution is -2.34. The van der Waals surface area contributed by atoms with Crippen LogP contribution in [-0.2, 0) is 10.0 Å². The maximum atomic E-state index is 11.8. The lowest BCUT2D eigenvalue weighted by molar-refractivity contribution is 0.343. The van der Waals surface area contributed by atoms with Crippen molar-refractivity contribution in [2.24, 2.45) is 0 Å². The largest absolute Gasteiger partial charge is 0.212 e. The molecule has 1 aliphatic rings. The van der Waals surface area contributed by atoms with Gasteiger partial charge >= 0.3 is 0 Å². The molecule has 16 heavy (non-hydrogen) atoms. The van der Waals surface area contributed by atoms with Crippen LogP contribution in [0.25, 0.3) is 0 Å². The highest BCUT2D eigenvalue weighted by atomic mass is 32.2. The van der Waals surface area contributed by atoms with Crippen LogP contribution in [0.4, 0.5) is 0 Å². The fourth-order valence-corrected chi connectivity index (χ4v) is 3.96. The number of rotatable bonds is 2. The molecule has 1 saturated heterocycles. The summed E-state index contributed by atoms with van der Waals surface area (Å²) in [5.41, 5.74) is 1.09. The molecule has 1 aromatic carbocycles. The van der Waals surface area contributed by atoms with Crippen LogP contribution in [0.15, 0.2) is 30.3 Å². The van der Waals surface area contributed by atoms with E-state index in [0.29, 0.717) is 0 Å². The molecule has 1 aliphatic heterocycles. The van der Waals surface area contributed by atoms with E-state index in [9.17, 15) is 8.42 Å². The molecule has 0 aliphatic carbocycles. The van der Waals surface area contributed by atoms with Gasteiger partial charge in [0.05, 0.1) is 12.3 Å². The van der Waals surface area contributed by atoms with Crippen molar-refractivity contribution in [1.82, 2.24) is 4.31 Å². The molecule has 3 nitrogen and oxygen atoms in total. The molecule has 2 atom stereocenters. The molecule has 0 radical (unpaired) electrons. The molecule has 0 saturated carbocycles. The van der Waals surface area contributed by atoms with E-state index in [1.54, 1.807) is 4.31 Å². The Morgan fingerprint density at radius 3 is 2.38 bits per heavy atom. The van der Waals surface area contributed by atoms with Crippen molar-refractivity contribution < 1.29 is 8.42 Å². The van der Waals surface area contributed by atoms with Crippen LogP contribution in [0.1, 0.15) is 31.4 Å². The number of benzene rings is 1. The summed E-state index contributed by atoms with van der Waals surface area (Å²) in [6, 6.07) is 10.00. The van der Waals surface area contributed by atoms with E-state index in [4.69, 9.17) is 0 Å². The monoisotopic (exact) mass is 239 g/mol. The van der Waals surface area contributed by atoms with Crippen LogP contribution in [0, 0.1) is 0 Å². The Balaban J connectivity index is 2.36. The third kappa shape index (κ3) is 2.13. The van der Waals surface area contributed by atoms with Crippen molar-refractivity contribution in [2.75, 3.05) is 6.26 Å². The molecule has 2 rings (SSSR count). The highest BCUT2D eigenvalue weighted by Crippen LogP contribution is 2.37. The van der Waals surface area contributed by atoms with E-state index in [0.717, 1.165) is 18.4 Å². The molecule has 1 aromatic rings. The molecule has 0 amide bonds. The van der Waals surface area contributed by atoms with E-state index >= 15 is 0 Å². The van der Waals surface area contributed by atoms with Crippen LogP contribution in [0.3, 0.4) is 0 Å². The van der Waals surface area contributed by atoms with Gasteiger partial charge in [-0.2, -0.15) is 4.31 Å². The highest BCUT2D eigenvalue weighted by molar-refractivity contribution is 7.88. The van der Waals surface area contributed by atoms with Gasteiger partial charge in [0.1, 0.15) is 0 Å². The van der Waals surface area contributed by atoms with Gasteiger partial charge in [-0.1, -0.05) is 30.3 Å². The first-order valence-electron chi connectivity index (χ1n) is 5.53. The molecule has 0 bridgehead atoms. The zero-order valence-corrected chi connectivity index (χ0v) is 10.4. The first kappa shape index (κ1) is 11.6. The maximum Gasteiger partial charge on any atom is 0.212 e. The van der Waals surface area contributed by atoms with Gasteiger partial charge in [-0.05, 0) is 25.3 Å². The molecule has 0 spiro atoms. The maximum absolute atomic E-state index is 11.8. The molecular formula is C12H17NO2S. The predicted octanol–water partition coefficient (Wildman–Crippen LogP) is 2.17. The first-order valence-corrected chi connectivity index (χ1v) is 7.38. The van der Waals surface area contributed by atoms with Crippen LogP contribution >= 0.6 is 0 Å². The van der Waals surface area contributed by atoms with Gasteiger partial charge in [-0.3, -0.25) is 0 Å². The average Bonchev–Trinajstić information content (AvgIpc) is 2.61. The summed E-state index contributed by atoms with van der Waals surface area (Å²) in [5, 5.41) is 0. The second-order valence-corrected chi connectivity index (χ2v) is 6.33. The Hall–Kier alpha value is -0.870. The van der Waals surface area contributed by atoms with Crippen LogP contribution < -0.4 is 0 Å². The van der Waals surface area contributed by atoms with Crippen molar-refractivity contribution in [2.45, 2.75) is 31.8 Å². The Morgan fingerprint density at radius 2 is 1.81 bits per heavy atom. The standard InChI is InChI=1S/C12H17NO2S/c1-10-8-9-12(13(10)16(2,14)15)11-6-4-3-5-7-11/h3-7,10,12H,8-9H2,1-2H3. The van der Waals surface area contributed by atoms with E-state index in [1.165, 1.54) is 6.26 Å². The Kier molecular flexibility index (Phi) is 3.04. The van der Waals surface area contributed by atoms with Crippen molar-refractivity contribution in [3.8, 4) is 0 Å². The Morgan fingerprint density at radius 1 is 1.19 bits per heavy atom. The number of hydrogen-bond acceptors (Lipinski definition) is 2. The van der Waals surface area contributed by atoms with Gasteiger partial charge < -0.3 is 0 Å². The fraction of sp³-hybridized carbons (Fsp3) is 0.500. The topological polar surface area (TPSA) is 37.4 Å². The second kappa shape index (κ2) is 4.18. The molecular weight excluding hydrogens is 222 g/mol. The third-order valence-electron chi connectivity index (χ3n) is 3.17. The summed E-state index contributed by atoms with van der Waals surface area (Å²) in [6.45, 7) is 1.98. The molecule has 4 heteroatoms. The average molecular weight is 239 g/mol. The molecule has 1 fully saturated rings. The van der Waals surface area contributed by atoms with Gasteiger partial charge in [-0.15, -0.1) is 0 Å². The lowest BCUT2D eigenvalue weighted by atomic mass is 10.1. The van der Waals surface area contributed by atoms with E-state index in [2.05, 4.69) is 0 Å². The smallest absolute Gasteiger partial charge is 0.212 e. The van der Waals surface area contributed by atoms with Gasteiger partial charge in [-0.25, -0.2) is 8.42 Å². The zero-order valence-electron chi connectivity index (χ0n) is 9.63. The van der Waals surface area contributed by atoms with Crippen molar-refractivity contribution in [3.63, 3.8) is 0 Å². The van der Waals surface area contributed by atoms with E-state index < -0.39 is 10.0 Å². The van der Waals surface area contributed by atoms with Crippen molar-refractivity contribution in [3.05, 3.63) is 35.9 Å². The normalized spacial score (nSPS) is 27.1. The summed E-state index contributed by atoms with van der Waals surface area (Å²) in [5.74, 6) is 0. The minimum Gasteiger partial charge on any atom is -0.212 e. The lowest BCUT2D eigenvalue weighted by Gasteiger charge is -2.26. The number of nitrogens with zero attached hydrogens (tertiary/aromatic N) is 1. The number of sulfonamides is 1. The van der Waals surface area contributed by atoms with Crippen LogP contribution in [0.2, 0.25) is 0 Å². The predicted molar refractivity (Wildman–Crippen MR) is 64.6 cm³/mol. The van der Waals surface area contributed by atoms with Gasteiger partial charge in [0.25, 0.3) is 0 Å². The minimum atomic E-state index is -3.12. The zero-order chi connectivity index (χ0) is 11.8. The van der Waals surface area contributed by atoms with E-state index in [1.807, 2.05) is 37.3 Å². The fourth-order valence-electron chi connectivity index (χ4n) is 2.51. The summed E-state index contributed by atoms with van der Waals surface area (Å²) >= 11 is 0. The molecule has 1 heterocycles. The quantitative estimate of drug-likeness (QED) is 0.793. The molecule has 2 unspecified atom stereocenters. The van der Waals surface area contributed by atoms with Gasteiger partial charge in [0, 0.05) is 6.04 Å². The second-order valence-electron chi connectivity index (χ2n) is 4.45. The molecule has 0 aromatic heterocycles. The first-order chi connectivity index (χ1) is 7.50. The van der Waals surface area contributed by atoms with Crippen LogP contribution in [-0.4, -0.2) is 25.0 Å². The van der Waals surface area contributed by atoms with E-state index in [-0.39, 0.29) is 12.1 Å².